The van der Waals surface area contributed by atoms with Crippen molar-refractivity contribution in [3.05, 3.63) is 97.0 Å². The molecule has 1 N–H and O–H groups in total. The highest BCUT2D eigenvalue weighted by Gasteiger charge is 2.17. The average molecular weight is 358 g/mol. The number of dihydropyridines is 1. The van der Waals surface area contributed by atoms with Crippen LogP contribution < -0.4 is 5.32 Å². The van der Waals surface area contributed by atoms with Crippen LogP contribution in [-0.4, -0.2) is 11.5 Å². The Morgan fingerprint density at radius 3 is 2.21 bits per heavy atom. The van der Waals surface area contributed by atoms with Gasteiger partial charge in [-0.2, -0.15) is 0 Å². The van der Waals surface area contributed by atoms with Crippen LogP contribution in [0.1, 0.15) is 5.56 Å². The maximum absolute atomic E-state index is 4.21. The molecule has 2 heterocycles. The predicted molar refractivity (Wildman–Crippen MR) is 118 cm³/mol. The van der Waals surface area contributed by atoms with Crippen LogP contribution >= 0.6 is 0 Å². The lowest BCUT2D eigenvalue weighted by molar-refractivity contribution is 0.976. The number of hydrogen-bond acceptors (Lipinski definition) is 2. The largest absolute Gasteiger partial charge is 0.387 e. The van der Waals surface area contributed by atoms with E-state index in [1.165, 1.54) is 54.6 Å². The van der Waals surface area contributed by atoms with Crippen LogP contribution in [0, 0.1) is 0 Å². The summed E-state index contributed by atoms with van der Waals surface area (Å²) < 4.78 is 0. The van der Waals surface area contributed by atoms with Crippen molar-refractivity contribution in [2.24, 2.45) is 0 Å². The molecule has 1 aliphatic rings. The van der Waals surface area contributed by atoms with Gasteiger partial charge in [0.1, 0.15) is 0 Å². The minimum Gasteiger partial charge on any atom is -0.387 e. The summed E-state index contributed by atoms with van der Waals surface area (Å²) in [6, 6.07) is 22.2. The fourth-order valence-corrected chi connectivity index (χ4v) is 4.49. The highest BCUT2D eigenvalue weighted by Crippen LogP contribution is 2.42. The summed E-state index contributed by atoms with van der Waals surface area (Å²) in [7, 11) is 0. The van der Waals surface area contributed by atoms with E-state index in [0.29, 0.717) is 0 Å². The van der Waals surface area contributed by atoms with Crippen molar-refractivity contribution in [2.75, 3.05) is 6.54 Å². The molecule has 0 atom stereocenters. The van der Waals surface area contributed by atoms with E-state index in [4.69, 9.17) is 0 Å². The SMILES string of the molecule is C1=CC(c2cc(-c3ccncc3)c3ccc4cccc5ccc2c3c54)=CCN1. The molecule has 6 rings (SSSR count). The van der Waals surface area contributed by atoms with Gasteiger partial charge in [0.05, 0.1) is 0 Å². The van der Waals surface area contributed by atoms with Gasteiger partial charge in [0.15, 0.2) is 0 Å². The van der Waals surface area contributed by atoms with Gasteiger partial charge >= 0.3 is 0 Å². The summed E-state index contributed by atoms with van der Waals surface area (Å²) in [4.78, 5) is 4.21. The highest BCUT2D eigenvalue weighted by molar-refractivity contribution is 6.27. The number of aromatic nitrogens is 1. The molecule has 2 heteroatoms. The monoisotopic (exact) mass is 358 g/mol. The Hall–Kier alpha value is -3.65. The Bertz CT molecular complexity index is 1380. The molecule has 0 spiro atoms. The minimum atomic E-state index is 0.860. The third-order valence-electron chi connectivity index (χ3n) is 5.77. The molecule has 0 saturated carbocycles. The molecule has 0 fully saturated rings. The second kappa shape index (κ2) is 5.93. The Morgan fingerprint density at radius 1 is 0.750 bits per heavy atom. The molecule has 5 aromatic rings. The lowest BCUT2D eigenvalue weighted by atomic mass is 9.85. The van der Waals surface area contributed by atoms with Crippen LogP contribution in [0.2, 0.25) is 0 Å². The van der Waals surface area contributed by atoms with E-state index < -0.39 is 0 Å². The average Bonchev–Trinajstić information content (AvgIpc) is 2.78. The van der Waals surface area contributed by atoms with Gasteiger partial charge < -0.3 is 5.32 Å². The maximum Gasteiger partial charge on any atom is 0.0334 e. The van der Waals surface area contributed by atoms with Crippen LogP contribution in [0.4, 0.5) is 0 Å². The number of hydrogen-bond donors (Lipinski definition) is 1. The molecule has 0 bridgehead atoms. The number of allylic oxidation sites excluding steroid dienone is 2. The summed E-state index contributed by atoms with van der Waals surface area (Å²) in [5.74, 6) is 0. The van der Waals surface area contributed by atoms with Gasteiger partial charge in [0.2, 0.25) is 0 Å². The van der Waals surface area contributed by atoms with Gasteiger partial charge in [-0.25, -0.2) is 0 Å². The zero-order chi connectivity index (χ0) is 18.5. The first kappa shape index (κ1) is 15.4. The minimum absolute atomic E-state index is 0.860. The Labute approximate surface area is 163 Å². The van der Waals surface area contributed by atoms with Gasteiger partial charge in [-0.05, 0) is 85.1 Å². The van der Waals surface area contributed by atoms with Crippen molar-refractivity contribution in [3.63, 3.8) is 0 Å². The van der Waals surface area contributed by atoms with Gasteiger partial charge in [-0.1, -0.05) is 48.5 Å². The molecule has 0 saturated heterocycles. The Balaban J connectivity index is 1.83. The lowest BCUT2D eigenvalue weighted by Gasteiger charge is -2.19. The van der Waals surface area contributed by atoms with Gasteiger partial charge in [0, 0.05) is 18.9 Å². The zero-order valence-corrected chi connectivity index (χ0v) is 15.3. The molecule has 2 nitrogen and oxygen atoms in total. The van der Waals surface area contributed by atoms with E-state index >= 15 is 0 Å². The van der Waals surface area contributed by atoms with Crippen molar-refractivity contribution in [3.8, 4) is 11.1 Å². The van der Waals surface area contributed by atoms with E-state index in [1.54, 1.807) is 0 Å². The van der Waals surface area contributed by atoms with Gasteiger partial charge in [0.25, 0.3) is 0 Å². The number of rotatable bonds is 2. The lowest BCUT2D eigenvalue weighted by Crippen LogP contribution is -2.08. The summed E-state index contributed by atoms with van der Waals surface area (Å²) in [5, 5.41) is 11.2. The molecular weight excluding hydrogens is 340 g/mol. The van der Waals surface area contributed by atoms with Crippen LogP contribution in [0.25, 0.3) is 49.0 Å². The summed E-state index contributed by atoms with van der Waals surface area (Å²) in [6.07, 6.45) is 10.2. The maximum atomic E-state index is 4.21. The van der Waals surface area contributed by atoms with Crippen molar-refractivity contribution >= 4 is 37.9 Å². The molecule has 0 unspecified atom stereocenters. The van der Waals surface area contributed by atoms with Gasteiger partial charge in [-0.15, -0.1) is 0 Å². The summed E-state index contributed by atoms with van der Waals surface area (Å²) >= 11 is 0. The van der Waals surface area contributed by atoms with Crippen molar-refractivity contribution in [1.29, 1.82) is 0 Å². The third kappa shape index (κ3) is 2.18. The molecule has 0 radical (unpaired) electrons. The van der Waals surface area contributed by atoms with Crippen LogP contribution in [0.15, 0.2) is 91.4 Å². The second-order valence-electron chi connectivity index (χ2n) is 7.29. The number of nitrogens with zero attached hydrogens (tertiary/aromatic N) is 1. The molecule has 1 aliphatic heterocycles. The van der Waals surface area contributed by atoms with E-state index in [9.17, 15) is 0 Å². The first-order valence-electron chi connectivity index (χ1n) is 9.61. The van der Waals surface area contributed by atoms with Crippen LogP contribution in [0.5, 0.6) is 0 Å². The topological polar surface area (TPSA) is 24.9 Å². The zero-order valence-electron chi connectivity index (χ0n) is 15.3. The van der Waals surface area contributed by atoms with Crippen LogP contribution in [-0.2, 0) is 0 Å². The first-order valence-corrected chi connectivity index (χ1v) is 9.61. The molecule has 1 aromatic heterocycles. The van der Waals surface area contributed by atoms with Crippen LogP contribution in [0.3, 0.4) is 0 Å². The number of pyridine rings is 1. The smallest absolute Gasteiger partial charge is 0.0334 e. The van der Waals surface area contributed by atoms with Crippen molar-refractivity contribution < 1.29 is 0 Å². The van der Waals surface area contributed by atoms with E-state index in [-0.39, 0.29) is 0 Å². The van der Waals surface area contributed by atoms with E-state index in [1.807, 2.05) is 18.6 Å². The Kier molecular flexibility index (Phi) is 3.26. The molecular formula is C26H18N2. The number of nitrogens with one attached hydrogen (secondary N) is 1. The molecule has 0 aliphatic carbocycles. The highest BCUT2D eigenvalue weighted by atomic mass is 14.8. The van der Waals surface area contributed by atoms with E-state index in [2.05, 4.69) is 83.1 Å². The molecule has 4 aromatic carbocycles. The first-order chi connectivity index (χ1) is 13.9. The summed E-state index contributed by atoms with van der Waals surface area (Å²) in [5.41, 5.74) is 5.02. The molecule has 0 amide bonds. The second-order valence-corrected chi connectivity index (χ2v) is 7.29. The fourth-order valence-electron chi connectivity index (χ4n) is 4.49. The quantitative estimate of drug-likeness (QED) is 0.383. The predicted octanol–water partition coefficient (Wildman–Crippen LogP) is 6.15. The molecule has 28 heavy (non-hydrogen) atoms. The summed E-state index contributed by atoms with van der Waals surface area (Å²) in [6.45, 7) is 0.860. The van der Waals surface area contributed by atoms with E-state index in [0.717, 1.165) is 6.54 Å². The normalized spacial score (nSPS) is 13.9. The third-order valence-corrected chi connectivity index (χ3v) is 5.77. The standard InChI is InChI=1S/C26H18N2/c1-2-19-4-6-21-23(17-8-12-27-13-9-17)16-24(18-10-14-28-15-11-18)22-7-5-20(3-1)25(19)26(21)22/h1-14,16,28H,15H2. The van der Waals surface area contributed by atoms with Gasteiger partial charge in [-0.3, -0.25) is 4.98 Å². The van der Waals surface area contributed by atoms with Crippen molar-refractivity contribution in [2.45, 2.75) is 0 Å². The number of benzene rings is 4. The molecule has 132 valence electrons. The van der Waals surface area contributed by atoms with Crippen molar-refractivity contribution in [1.82, 2.24) is 10.3 Å². The fraction of sp³-hybridized carbons (Fsp3) is 0.0385. The Morgan fingerprint density at radius 2 is 1.50 bits per heavy atom.